The Hall–Kier alpha value is -1.26. The van der Waals surface area contributed by atoms with Gasteiger partial charge in [0.1, 0.15) is 5.75 Å². The van der Waals surface area contributed by atoms with Gasteiger partial charge in [-0.3, -0.25) is 4.79 Å². The van der Waals surface area contributed by atoms with E-state index in [-0.39, 0.29) is 23.7 Å². The summed E-state index contributed by atoms with van der Waals surface area (Å²) in [5, 5.41) is 6.60. The Morgan fingerprint density at radius 1 is 1.36 bits per heavy atom. The van der Waals surface area contributed by atoms with Crippen LogP contribution in [0.4, 0.5) is 5.69 Å². The average Bonchev–Trinajstić information content (AvgIpc) is 3.13. The first-order valence-corrected chi connectivity index (χ1v) is 8.06. The average molecular weight is 323 g/mol. The minimum Gasteiger partial charge on any atom is -0.493 e. The number of nitrogens with one attached hydrogen (secondary N) is 2. The van der Waals surface area contributed by atoms with Gasteiger partial charge >= 0.3 is 0 Å². The Morgan fingerprint density at radius 2 is 2.27 bits per heavy atom. The van der Waals surface area contributed by atoms with Crippen LogP contribution in [0.15, 0.2) is 18.2 Å². The third-order valence-electron chi connectivity index (χ3n) is 5.44. The Morgan fingerprint density at radius 3 is 3.18 bits per heavy atom. The van der Waals surface area contributed by atoms with Crippen LogP contribution < -0.4 is 15.4 Å². The number of ether oxygens (including phenoxy) is 1. The molecule has 0 spiro atoms. The summed E-state index contributed by atoms with van der Waals surface area (Å²) in [4.78, 5) is 12.9. The molecule has 0 aromatic heterocycles. The van der Waals surface area contributed by atoms with Crippen LogP contribution in [-0.4, -0.2) is 25.6 Å². The highest BCUT2D eigenvalue weighted by atomic mass is 35.5. The van der Waals surface area contributed by atoms with E-state index in [1.165, 1.54) is 24.8 Å². The van der Waals surface area contributed by atoms with Gasteiger partial charge in [0.05, 0.1) is 12.0 Å². The second-order valence-electron chi connectivity index (χ2n) is 6.60. The molecular formula is C17H23ClN2O2. The van der Waals surface area contributed by atoms with E-state index < -0.39 is 0 Å². The van der Waals surface area contributed by atoms with Gasteiger partial charge in [-0.2, -0.15) is 0 Å². The summed E-state index contributed by atoms with van der Waals surface area (Å²) in [5.41, 5.74) is 1.93. The van der Waals surface area contributed by atoms with Crippen molar-refractivity contribution in [2.75, 3.05) is 25.0 Å². The Bertz CT molecular complexity index is 578. The van der Waals surface area contributed by atoms with Crippen LogP contribution in [0.1, 0.15) is 31.2 Å². The molecule has 22 heavy (non-hydrogen) atoms. The molecule has 0 unspecified atom stereocenters. The molecule has 120 valence electrons. The van der Waals surface area contributed by atoms with Gasteiger partial charge in [0.25, 0.3) is 0 Å². The molecule has 1 amide bonds. The monoisotopic (exact) mass is 322 g/mol. The van der Waals surface area contributed by atoms with Crippen LogP contribution in [0.5, 0.6) is 5.75 Å². The van der Waals surface area contributed by atoms with Crippen molar-refractivity contribution in [1.29, 1.82) is 0 Å². The summed E-state index contributed by atoms with van der Waals surface area (Å²) in [6.45, 7) is 2.58. The van der Waals surface area contributed by atoms with E-state index in [4.69, 9.17) is 4.74 Å². The van der Waals surface area contributed by atoms with Crippen molar-refractivity contribution < 1.29 is 9.53 Å². The van der Waals surface area contributed by atoms with E-state index in [0.717, 1.165) is 44.0 Å². The third kappa shape index (κ3) is 2.48. The van der Waals surface area contributed by atoms with Crippen LogP contribution in [0.25, 0.3) is 0 Å². The van der Waals surface area contributed by atoms with Gasteiger partial charge in [0.15, 0.2) is 0 Å². The zero-order valence-electron chi connectivity index (χ0n) is 12.7. The lowest BCUT2D eigenvalue weighted by atomic mass is 9.67. The first-order chi connectivity index (χ1) is 10.3. The molecule has 1 aromatic rings. The second kappa shape index (κ2) is 6.09. The maximum atomic E-state index is 12.9. The lowest BCUT2D eigenvalue weighted by Gasteiger charge is -2.37. The molecule has 4 nitrogen and oxygen atoms in total. The van der Waals surface area contributed by atoms with Crippen LogP contribution in [0, 0.1) is 11.3 Å². The molecule has 2 fully saturated rings. The molecule has 2 heterocycles. The number of amides is 1. The molecular weight excluding hydrogens is 300 g/mol. The minimum absolute atomic E-state index is 0. The molecule has 4 rings (SSSR count). The molecule has 2 N–H and O–H groups in total. The standard InChI is InChI=1S/C17H22N2O2.ClH/c20-16(17-7-2-1-3-13(17)10-18-11-17)19-14-4-5-15-12(9-14)6-8-21-15;/h4-5,9,13,18H,1-3,6-8,10-11H2,(H,19,20);1H/t13-,17+;/m0./s1. The molecule has 0 radical (unpaired) electrons. The van der Waals surface area contributed by atoms with Crippen molar-refractivity contribution in [3.05, 3.63) is 23.8 Å². The number of rotatable bonds is 2. The first-order valence-electron chi connectivity index (χ1n) is 8.06. The number of hydrogen-bond donors (Lipinski definition) is 2. The van der Waals surface area contributed by atoms with E-state index in [2.05, 4.69) is 16.7 Å². The fraction of sp³-hybridized carbons (Fsp3) is 0.588. The number of fused-ring (bicyclic) bond motifs is 2. The predicted molar refractivity (Wildman–Crippen MR) is 88.8 cm³/mol. The fourth-order valence-electron chi connectivity index (χ4n) is 4.21. The largest absolute Gasteiger partial charge is 0.493 e. The lowest BCUT2D eigenvalue weighted by molar-refractivity contribution is -0.128. The van der Waals surface area contributed by atoms with E-state index in [0.29, 0.717) is 5.92 Å². The predicted octanol–water partition coefficient (Wildman–Crippen LogP) is 2.76. The first kappa shape index (κ1) is 15.6. The van der Waals surface area contributed by atoms with Crippen molar-refractivity contribution >= 4 is 24.0 Å². The molecule has 1 saturated carbocycles. The normalized spacial score (nSPS) is 29.0. The number of anilines is 1. The fourth-order valence-corrected chi connectivity index (χ4v) is 4.21. The quantitative estimate of drug-likeness (QED) is 0.880. The molecule has 2 atom stereocenters. The zero-order valence-corrected chi connectivity index (χ0v) is 13.5. The Balaban J connectivity index is 0.00000144. The molecule has 3 aliphatic rings. The molecule has 0 bridgehead atoms. The molecule has 5 heteroatoms. The number of halogens is 1. The summed E-state index contributed by atoms with van der Waals surface area (Å²) in [6, 6.07) is 6.00. The van der Waals surface area contributed by atoms with Crippen LogP contribution in [0.3, 0.4) is 0 Å². The number of carbonyl (C=O) groups is 1. The van der Waals surface area contributed by atoms with Gasteiger partial charge < -0.3 is 15.4 Å². The zero-order chi connectivity index (χ0) is 14.3. The summed E-state index contributed by atoms with van der Waals surface area (Å²) >= 11 is 0. The SMILES string of the molecule is Cl.O=C(Nc1ccc2c(c1)CCO2)[C@@]12CCCC[C@H]1CNC2. The third-order valence-corrected chi connectivity index (χ3v) is 5.44. The smallest absolute Gasteiger partial charge is 0.232 e. The summed E-state index contributed by atoms with van der Waals surface area (Å²) < 4.78 is 5.52. The van der Waals surface area contributed by atoms with E-state index >= 15 is 0 Å². The lowest BCUT2D eigenvalue weighted by Crippen LogP contribution is -2.44. The summed E-state index contributed by atoms with van der Waals surface area (Å²) in [7, 11) is 0. The van der Waals surface area contributed by atoms with Crippen LogP contribution in [-0.2, 0) is 11.2 Å². The number of carbonyl (C=O) groups excluding carboxylic acids is 1. The van der Waals surface area contributed by atoms with Crippen molar-refractivity contribution in [3.8, 4) is 5.75 Å². The van der Waals surface area contributed by atoms with Crippen LogP contribution >= 0.6 is 12.4 Å². The van der Waals surface area contributed by atoms with E-state index in [9.17, 15) is 4.79 Å². The maximum absolute atomic E-state index is 12.9. The second-order valence-corrected chi connectivity index (χ2v) is 6.60. The van der Waals surface area contributed by atoms with Gasteiger partial charge in [0, 0.05) is 18.7 Å². The van der Waals surface area contributed by atoms with Gasteiger partial charge in [-0.25, -0.2) is 0 Å². The highest BCUT2D eigenvalue weighted by Gasteiger charge is 2.49. The molecule has 1 saturated heterocycles. The van der Waals surface area contributed by atoms with Gasteiger partial charge in [-0.15, -0.1) is 12.4 Å². The Kier molecular flexibility index (Phi) is 4.33. The van der Waals surface area contributed by atoms with Gasteiger partial charge in [0.2, 0.25) is 5.91 Å². The van der Waals surface area contributed by atoms with Gasteiger partial charge in [-0.05, 0) is 49.1 Å². The van der Waals surface area contributed by atoms with E-state index in [1.807, 2.05) is 12.1 Å². The molecule has 2 aliphatic heterocycles. The molecule has 1 aliphatic carbocycles. The highest BCUT2D eigenvalue weighted by Crippen LogP contribution is 2.44. The topological polar surface area (TPSA) is 50.4 Å². The van der Waals surface area contributed by atoms with Crippen molar-refractivity contribution in [2.24, 2.45) is 11.3 Å². The van der Waals surface area contributed by atoms with E-state index in [1.54, 1.807) is 0 Å². The van der Waals surface area contributed by atoms with Crippen molar-refractivity contribution in [1.82, 2.24) is 5.32 Å². The Labute approximate surface area is 137 Å². The summed E-state index contributed by atoms with van der Waals surface area (Å²) in [6.07, 6.45) is 5.57. The van der Waals surface area contributed by atoms with Gasteiger partial charge in [-0.1, -0.05) is 12.8 Å². The molecule has 1 aromatic carbocycles. The minimum atomic E-state index is -0.187. The number of hydrogen-bond acceptors (Lipinski definition) is 3. The highest BCUT2D eigenvalue weighted by molar-refractivity contribution is 5.96. The van der Waals surface area contributed by atoms with Crippen molar-refractivity contribution in [2.45, 2.75) is 32.1 Å². The number of benzene rings is 1. The summed E-state index contributed by atoms with van der Waals surface area (Å²) in [5.74, 6) is 1.67. The maximum Gasteiger partial charge on any atom is 0.232 e. The van der Waals surface area contributed by atoms with Crippen LogP contribution in [0.2, 0.25) is 0 Å². The van der Waals surface area contributed by atoms with Crippen molar-refractivity contribution in [3.63, 3.8) is 0 Å².